The molecule has 60 heavy (non-hydrogen) atoms. The second-order valence-electron chi connectivity index (χ2n) is 13.4. The molecule has 6 N–H and O–H groups in total. The van der Waals surface area contributed by atoms with Crippen LogP contribution in [0.3, 0.4) is 0 Å². The lowest BCUT2D eigenvalue weighted by Crippen LogP contribution is -2.18. The van der Waals surface area contributed by atoms with Crippen LogP contribution < -0.4 is 31.9 Å². The standard InChI is InChI=1S/C48H36N6O6/c55-43(31-14-5-1-6-15-31)51-39-24-35(25-40(29-39)52-44(56)32-16-7-2-8-17-32)47(59)49-37-22-13-23-38(28-37)50-48(60)36-26-41(53-45(57)33-18-9-3-10-19-33)30-42(27-36)54-46(58)34-20-11-4-12-21-34/h1-30H,(H,49,59)(H,50,60)(H,51,55)(H,52,56)(H,53,57)(H,54,58). The molecule has 0 aliphatic carbocycles. The molecule has 0 saturated heterocycles. The fraction of sp³-hybridized carbons (Fsp3) is 0. The SMILES string of the molecule is O=C(Nc1cc(NC(=O)c2ccccc2)cc(C(=O)Nc2cccc(NC(=O)c3cc(NC(=O)c4ccccc4)cc(NC(=O)c4ccccc4)c3)c2)c1)c1ccccc1. The lowest BCUT2D eigenvalue weighted by atomic mass is 10.1. The number of anilines is 6. The minimum atomic E-state index is -0.565. The van der Waals surface area contributed by atoms with E-state index in [1.807, 2.05) is 0 Å². The highest BCUT2D eigenvalue weighted by atomic mass is 16.2. The Kier molecular flexibility index (Phi) is 12.2. The van der Waals surface area contributed by atoms with E-state index in [0.29, 0.717) is 33.6 Å². The number of amides is 6. The summed E-state index contributed by atoms with van der Waals surface area (Å²) in [6.45, 7) is 0. The largest absolute Gasteiger partial charge is 0.322 e. The maximum absolute atomic E-state index is 13.7. The molecule has 0 aliphatic rings. The van der Waals surface area contributed by atoms with Crippen LogP contribution in [-0.4, -0.2) is 35.4 Å². The van der Waals surface area contributed by atoms with Crippen LogP contribution in [-0.2, 0) is 0 Å². The minimum Gasteiger partial charge on any atom is -0.322 e. The first-order valence-corrected chi connectivity index (χ1v) is 18.7. The molecule has 0 aliphatic heterocycles. The van der Waals surface area contributed by atoms with Crippen molar-refractivity contribution in [3.63, 3.8) is 0 Å². The zero-order valence-electron chi connectivity index (χ0n) is 31.8. The van der Waals surface area contributed by atoms with Crippen LogP contribution in [0.1, 0.15) is 62.1 Å². The van der Waals surface area contributed by atoms with Crippen LogP contribution in [0.15, 0.2) is 182 Å². The van der Waals surface area contributed by atoms with Crippen LogP contribution in [0.25, 0.3) is 0 Å². The normalized spacial score (nSPS) is 10.4. The molecule has 0 atom stereocenters. The highest BCUT2D eigenvalue weighted by Crippen LogP contribution is 2.25. The van der Waals surface area contributed by atoms with Gasteiger partial charge in [-0.05, 0) is 103 Å². The minimum absolute atomic E-state index is 0.123. The van der Waals surface area contributed by atoms with Crippen LogP contribution in [0.2, 0.25) is 0 Å². The smallest absolute Gasteiger partial charge is 0.255 e. The molecule has 12 nitrogen and oxygen atoms in total. The topological polar surface area (TPSA) is 175 Å². The van der Waals surface area contributed by atoms with Gasteiger partial charge in [-0.1, -0.05) is 78.9 Å². The molecular weight excluding hydrogens is 757 g/mol. The van der Waals surface area contributed by atoms with Gasteiger partial charge in [-0.25, -0.2) is 0 Å². The summed E-state index contributed by atoms with van der Waals surface area (Å²) in [4.78, 5) is 79.7. The van der Waals surface area contributed by atoms with E-state index in [-0.39, 0.29) is 33.9 Å². The molecule has 294 valence electrons. The number of carbonyl (C=O) groups excluding carboxylic acids is 6. The third-order valence-electron chi connectivity index (χ3n) is 8.94. The summed E-state index contributed by atoms with van der Waals surface area (Å²) < 4.78 is 0. The number of benzene rings is 7. The molecular formula is C48H36N6O6. The van der Waals surface area contributed by atoms with Crippen LogP contribution in [0.5, 0.6) is 0 Å². The average molecular weight is 793 g/mol. The summed E-state index contributed by atoms with van der Waals surface area (Å²) in [7, 11) is 0. The van der Waals surface area contributed by atoms with Gasteiger partial charge < -0.3 is 31.9 Å². The van der Waals surface area contributed by atoms with E-state index in [1.165, 1.54) is 24.3 Å². The molecule has 7 aromatic carbocycles. The third kappa shape index (κ3) is 10.4. The Balaban J connectivity index is 1.10. The van der Waals surface area contributed by atoms with Crippen LogP contribution >= 0.6 is 0 Å². The summed E-state index contributed by atoms with van der Waals surface area (Å²) in [6, 6.07) is 49.7. The van der Waals surface area contributed by atoms with Gasteiger partial charge in [0.2, 0.25) is 0 Å². The first-order valence-electron chi connectivity index (χ1n) is 18.7. The van der Waals surface area contributed by atoms with E-state index in [1.54, 1.807) is 158 Å². The number of hydrogen-bond donors (Lipinski definition) is 6. The summed E-state index contributed by atoms with van der Waals surface area (Å²) in [6.07, 6.45) is 0. The van der Waals surface area contributed by atoms with Crippen LogP contribution in [0, 0.1) is 0 Å². The van der Waals surface area contributed by atoms with Crippen molar-refractivity contribution in [1.82, 2.24) is 0 Å². The second kappa shape index (κ2) is 18.5. The Morgan fingerprint density at radius 2 is 0.433 bits per heavy atom. The van der Waals surface area contributed by atoms with E-state index < -0.39 is 35.4 Å². The van der Waals surface area contributed by atoms with E-state index in [0.717, 1.165) is 0 Å². The Labute approximate surface area is 344 Å². The fourth-order valence-electron chi connectivity index (χ4n) is 6.06. The molecule has 0 radical (unpaired) electrons. The van der Waals surface area contributed by atoms with Crippen molar-refractivity contribution >= 4 is 69.6 Å². The van der Waals surface area contributed by atoms with Crippen molar-refractivity contribution < 1.29 is 28.8 Å². The van der Waals surface area contributed by atoms with Gasteiger partial charge in [0.1, 0.15) is 0 Å². The quantitative estimate of drug-likeness (QED) is 0.0719. The van der Waals surface area contributed by atoms with Gasteiger partial charge >= 0.3 is 0 Å². The van der Waals surface area contributed by atoms with Crippen molar-refractivity contribution in [2.45, 2.75) is 0 Å². The van der Waals surface area contributed by atoms with E-state index in [4.69, 9.17) is 0 Å². The lowest BCUT2D eigenvalue weighted by molar-refractivity contribution is 0.101. The Hall–Kier alpha value is -8.64. The van der Waals surface area contributed by atoms with Gasteiger partial charge in [-0.15, -0.1) is 0 Å². The summed E-state index contributed by atoms with van der Waals surface area (Å²) in [5.41, 5.74) is 3.56. The van der Waals surface area contributed by atoms with Crippen molar-refractivity contribution in [1.29, 1.82) is 0 Å². The number of carbonyl (C=O) groups is 6. The summed E-state index contributed by atoms with van der Waals surface area (Å²) in [5, 5.41) is 16.8. The Bertz CT molecular complexity index is 2380. The predicted molar refractivity (Wildman–Crippen MR) is 233 cm³/mol. The lowest BCUT2D eigenvalue weighted by Gasteiger charge is -2.14. The van der Waals surface area contributed by atoms with Gasteiger partial charge in [0.25, 0.3) is 35.4 Å². The number of rotatable bonds is 12. The molecule has 0 heterocycles. The number of hydrogen-bond acceptors (Lipinski definition) is 6. The molecule has 0 saturated carbocycles. The molecule has 7 rings (SSSR count). The van der Waals surface area contributed by atoms with Gasteiger partial charge in [0.15, 0.2) is 0 Å². The van der Waals surface area contributed by atoms with Crippen molar-refractivity contribution in [2.24, 2.45) is 0 Å². The van der Waals surface area contributed by atoms with Gasteiger partial charge in [0.05, 0.1) is 0 Å². The molecule has 0 aromatic heterocycles. The van der Waals surface area contributed by atoms with Crippen LogP contribution in [0.4, 0.5) is 34.1 Å². The monoisotopic (exact) mass is 792 g/mol. The fourth-order valence-corrected chi connectivity index (χ4v) is 6.06. The zero-order chi connectivity index (χ0) is 41.8. The highest BCUT2D eigenvalue weighted by Gasteiger charge is 2.17. The maximum atomic E-state index is 13.7. The highest BCUT2D eigenvalue weighted by molar-refractivity contribution is 6.12. The first-order chi connectivity index (χ1) is 29.2. The molecule has 7 aromatic rings. The van der Waals surface area contributed by atoms with E-state index in [9.17, 15) is 28.8 Å². The van der Waals surface area contributed by atoms with Crippen molar-refractivity contribution in [2.75, 3.05) is 31.9 Å². The van der Waals surface area contributed by atoms with Gasteiger partial charge in [-0.2, -0.15) is 0 Å². The maximum Gasteiger partial charge on any atom is 0.255 e. The first kappa shape index (κ1) is 39.6. The molecule has 12 heteroatoms. The Morgan fingerprint density at radius 1 is 0.217 bits per heavy atom. The second-order valence-corrected chi connectivity index (χ2v) is 13.4. The van der Waals surface area contributed by atoms with Crippen molar-refractivity contribution in [3.8, 4) is 0 Å². The molecule has 0 fully saturated rings. The van der Waals surface area contributed by atoms with Gasteiger partial charge in [-0.3, -0.25) is 28.8 Å². The third-order valence-corrected chi connectivity index (χ3v) is 8.94. The molecule has 6 amide bonds. The Morgan fingerprint density at radius 3 is 0.700 bits per heavy atom. The van der Waals surface area contributed by atoms with E-state index >= 15 is 0 Å². The average Bonchev–Trinajstić information content (AvgIpc) is 3.27. The molecule has 0 bridgehead atoms. The zero-order valence-corrected chi connectivity index (χ0v) is 31.8. The number of nitrogens with one attached hydrogen (secondary N) is 6. The predicted octanol–water partition coefficient (Wildman–Crippen LogP) is 9.20. The van der Waals surface area contributed by atoms with Crippen molar-refractivity contribution in [3.05, 3.63) is 215 Å². The summed E-state index contributed by atoms with van der Waals surface area (Å²) >= 11 is 0. The summed E-state index contributed by atoms with van der Waals surface area (Å²) in [5.74, 6) is -2.77. The molecule has 0 spiro atoms. The molecule has 0 unspecified atom stereocenters. The van der Waals surface area contributed by atoms with E-state index in [2.05, 4.69) is 31.9 Å². The van der Waals surface area contributed by atoms with Gasteiger partial charge in [0, 0.05) is 67.5 Å².